The molecular formula is C21H18Sn. The normalized spacial score (nSPS) is 10.9. The molecule has 0 aliphatic carbocycles. The molecule has 0 radical (unpaired) electrons. The molecule has 0 aliphatic heterocycles. The molecule has 0 nitrogen and oxygen atoms in total. The first-order chi connectivity index (χ1) is 10.9. The van der Waals surface area contributed by atoms with Crippen molar-refractivity contribution in [2.75, 3.05) is 0 Å². The molecule has 3 aromatic rings. The molecule has 0 N–H and O–H groups in total. The van der Waals surface area contributed by atoms with E-state index in [1.807, 2.05) is 0 Å². The summed E-state index contributed by atoms with van der Waals surface area (Å²) >= 11 is -3.11. The van der Waals surface area contributed by atoms with Gasteiger partial charge in [-0.15, -0.1) is 0 Å². The van der Waals surface area contributed by atoms with Crippen molar-refractivity contribution in [3.8, 4) is 12.3 Å². The minimum absolute atomic E-state index is 0.840. The molecule has 1 heteroatoms. The van der Waals surface area contributed by atoms with Crippen LogP contribution in [0.1, 0.15) is 0 Å². The monoisotopic (exact) mass is 390 g/mol. The van der Waals surface area contributed by atoms with Crippen LogP contribution in [0.15, 0.2) is 91.0 Å². The average Bonchev–Trinajstić information content (AvgIpc) is 2.62. The molecule has 0 saturated carbocycles. The number of hydrogen-bond acceptors (Lipinski definition) is 0. The van der Waals surface area contributed by atoms with Crippen LogP contribution in [-0.4, -0.2) is 18.4 Å². The van der Waals surface area contributed by atoms with E-state index >= 15 is 0 Å². The van der Waals surface area contributed by atoms with Gasteiger partial charge in [0.2, 0.25) is 0 Å². The second kappa shape index (κ2) is 6.85. The standard InChI is InChI=1S/3C6H5.C3H3.Sn/c3*1-2-4-6-5-3-1;1-3-2;/h3*1-5H;1H,2H2;. The van der Waals surface area contributed by atoms with E-state index in [0.29, 0.717) is 0 Å². The zero-order valence-electron chi connectivity index (χ0n) is 12.4. The van der Waals surface area contributed by atoms with Gasteiger partial charge in [-0.25, -0.2) is 0 Å². The van der Waals surface area contributed by atoms with E-state index in [1.54, 1.807) is 0 Å². The van der Waals surface area contributed by atoms with Gasteiger partial charge in [0, 0.05) is 0 Å². The third kappa shape index (κ3) is 2.69. The van der Waals surface area contributed by atoms with Crippen molar-refractivity contribution in [1.82, 2.24) is 0 Å². The Bertz CT molecular complexity index is 659. The van der Waals surface area contributed by atoms with Gasteiger partial charge in [-0.05, 0) is 0 Å². The van der Waals surface area contributed by atoms with Gasteiger partial charge in [0.15, 0.2) is 0 Å². The first-order valence-electron chi connectivity index (χ1n) is 7.48. The van der Waals surface area contributed by atoms with Crippen LogP contribution in [-0.2, 0) is 0 Å². The summed E-state index contributed by atoms with van der Waals surface area (Å²) < 4.78 is 5.15. The molecule has 3 aromatic carbocycles. The Hall–Kier alpha value is -1.98. The second-order valence-corrected chi connectivity index (χ2v) is 16.5. The molecule has 0 bridgehead atoms. The van der Waals surface area contributed by atoms with E-state index in [1.165, 1.54) is 10.7 Å². The van der Waals surface area contributed by atoms with Gasteiger partial charge in [0.25, 0.3) is 0 Å². The van der Waals surface area contributed by atoms with Gasteiger partial charge < -0.3 is 0 Å². The van der Waals surface area contributed by atoms with Crippen molar-refractivity contribution in [3.05, 3.63) is 91.0 Å². The van der Waals surface area contributed by atoms with Gasteiger partial charge in [0.1, 0.15) is 0 Å². The maximum absolute atomic E-state index is 5.83. The third-order valence-corrected chi connectivity index (χ3v) is 17.6. The topological polar surface area (TPSA) is 0 Å². The van der Waals surface area contributed by atoms with Crippen molar-refractivity contribution in [2.24, 2.45) is 0 Å². The molecule has 0 saturated heterocycles. The molecule has 22 heavy (non-hydrogen) atoms. The summed E-state index contributed by atoms with van der Waals surface area (Å²) in [5.41, 5.74) is 0. The Morgan fingerprint density at radius 1 is 0.591 bits per heavy atom. The number of terminal acetylenes is 1. The average molecular weight is 389 g/mol. The van der Waals surface area contributed by atoms with Gasteiger partial charge in [-0.2, -0.15) is 0 Å². The van der Waals surface area contributed by atoms with Crippen LogP contribution in [0.25, 0.3) is 0 Å². The molecule has 3 rings (SSSR count). The number of benzene rings is 3. The second-order valence-electron chi connectivity index (χ2n) is 5.38. The molecule has 0 spiro atoms. The van der Waals surface area contributed by atoms with Crippen molar-refractivity contribution < 1.29 is 0 Å². The van der Waals surface area contributed by atoms with Crippen LogP contribution in [0, 0.1) is 12.3 Å². The number of hydrogen-bond donors (Lipinski definition) is 0. The van der Waals surface area contributed by atoms with Gasteiger partial charge in [-0.1, -0.05) is 0 Å². The fraction of sp³-hybridized carbons (Fsp3) is 0.0476. The van der Waals surface area contributed by atoms with E-state index in [9.17, 15) is 0 Å². The zero-order chi connectivity index (χ0) is 15.3. The predicted molar refractivity (Wildman–Crippen MR) is 97.6 cm³/mol. The summed E-state index contributed by atoms with van der Waals surface area (Å²) in [6, 6.07) is 32.5. The Labute approximate surface area is 136 Å². The van der Waals surface area contributed by atoms with Crippen LogP contribution in [0.2, 0.25) is 4.44 Å². The van der Waals surface area contributed by atoms with E-state index in [2.05, 4.69) is 96.9 Å². The minimum atomic E-state index is -3.11. The van der Waals surface area contributed by atoms with Crippen LogP contribution in [0.3, 0.4) is 0 Å². The summed E-state index contributed by atoms with van der Waals surface area (Å²) in [5.74, 6) is 3.00. The molecule has 0 amide bonds. The van der Waals surface area contributed by atoms with Crippen molar-refractivity contribution in [1.29, 1.82) is 0 Å². The fourth-order valence-corrected chi connectivity index (χ4v) is 15.1. The molecule has 106 valence electrons. The Morgan fingerprint density at radius 2 is 0.909 bits per heavy atom. The molecule has 0 heterocycles. The summed E-state index contributed by atoms with van der Waals surface area (Å²) in [5, 5.41) is 0. The quantitative estimate of drug-likeness (QED) is 0.476. The van der Waals surface area contributed by atoms with Crippen LogP contribution >= 0.6 is 0 Å². The zero-order valence-corrected chi connectivity index (χ0v) is 15.3. The predicted octanol–water partition coefficient (Wildman–Crippen LogP) is 2.79. The summed E-state index contributed by atoms with van der Waals surface area (Å²) in [7, 11) is 0. The third-order valence-electron chi connectivity index (χ3n) is 4.17. The van der Waals surface area contributed by atoms with Gasteiger partial charge in [-0.3, -0.25) is 0 Å². The SMILES string of the molecule is C#C[CH2][Sn]([c]1ccccc1)([c]1ccccc1)[c]1ccccc1. The Kier molecular flexibility index (Phi) is 4.65. The van der Waals surface area contributed by atoms with Crippen molar-refractivity contribution >= 4 is 29.1 Å². The molecule has 0 fully saturated rings. The van der Waals surface area contributed by atoms with Gasteiger partial charge >= 0.3 is 137 Å². The Balaban J connectivity index is 2.32. The molecule has 0 aromatic heterocycles. The number of rotatable bonds is 4. The maximum atomic E-state index is 5.83. The first-order valence-corrected chi connectivity index (χ1v) is 13.8. The Morgan fingerprint density at radius 3 is 1.18 bits per heavy atom. The first kappa shape index (κ1) is 14.9. The van der Waals surface area contributed by atoms with Crippen LogP contribution in [0.4, 0.5) is 0 Å². The van der Waals surface area contributed by atoms with E-state index < -0.39 is 18.4 Å². The molecule has 0 atom stereocenters. The summed E-state index contributed by atoms with van der Waals surface area (Å²) in [4.78, 5) is 0. The van der Waals surface area contributed by atoms with Crippen molar-refractivity contribution in [2.45, 2.75) is 4.44 Å². The van der Waals surface area contributed by atoms with Crippen molar-refractivity contribution in [3.63, 3.8) is 0 Å². The van der Waals surface area contributed by atoms with Crippen LogP contribution < -0.4 is 10.7 Å². The summed E-state index contributed by atoms with van der Waals surface area (Å²) in [6.07, 6.45) is 5.83. The van der Waals surface area contributed by atoms with E-state index in [4.69, 9.17) is 6.42 Å². The molecule has 0 unspecified atom stereocenters. The fourth-order valence-electron chi connectivity index (χ4n) is 3.13. The van der Waals surface area contributed by atoms with Crippen LogP contribution in [0.5, 0.6) is 0 Å². The molecular weight excluding hydrogens is 371 g/mol. The molecule has 0 aliphatic rings. The summed E-state index contributed by atoms with van der Waals surface area (Å²) in [6.45, 7) is 0. The van der Waals surface area contributed by atoms with Gasteiger partial charge in [0.05, 0.1) is 0 Å². The van der Waals surface area contributed by atoms with E-state index in [0.717, 1.165) is 4.44 Å². The van der Waals surface area contributed by atoms with E-state index in [-0.39, 0.29) is 0 Å².